The summed E-state index contributed by atoms with van der Waals surface area (Å²) in [4.78, 5) is 21.0. The Morgan fingerprint density at radius 2 is 1.85 bits per heavy atom. The number of pyridine rings is 1. The van der Waals surface area contributed by atoms with E-state index in [2.05, 4.69) is 20.4 Å². The van der Waals surface area contributed by atoms with Gasteiger partial charge in [-0.3, -0.25) is 9.78 Å². The molecule has 0 saturated heterocycles. The summed E-state index contributed by atoms with van der Waals surface area (Å²) < 4.78 is 5.40. The lowest BCUT2D eigenvalue weighted by atomic mass is 10.0. The van der Waals surface area contributed by atoms with E-state index in [1.807, 2.05) is 26.0 Å². The second-order valence-electron chi connectivity index (χ2n) is 6.29. The fraction of sp³-hybridized carbons (Fsp3) is 0.263. The first-order valence-electron chi connectivity index (χ1n) is 8.42. The number of carbonyl (C=O) groups excluding carboxylic acids is 1. The van der Waals surface area contributed by atoms with E-state index < -0.39 is 0 Å². The van der Waals surface area contributed by atoms with Gasteiger partial charge in [0.2, 0.25) is 11.7 Å². The summed E-state index contributed by atoms with van der Waals surface area (Å²) in [6, 6.07) is 10.4. The van der Waals surface area contributed by atoms with Crippen LogP contribution in [0.3, 0.4) is 0 Å². The number of carbonyl (C=O) groups is 1. The molecule has 0 spiro atoms. The highest BCUT2D eigenvalue weighted by Gasteiger charge is 2.25. The molecule has 1 amide bonds. The second kappa shape index (κ2) is 7.88. The Bertz CT molecular complexity index is 859. The Kier molecular flexibility index (Phi) is 5.38. The fourth-order valence-corrected chi connectivity index (χ4v) is 2.51. The number of hydrogen-bond donors (Lipinski definition) is 2. The molecule has 0 bridgehead atoms. The number of amides is 1. The Morgan fingerprint density at radius 1 is 1.15 bits per heavy atom. The summed E-state index contributed by atoms with van der Waals surface area (Å²) in [5, 5.41) is 6.99. The molecule has 3 N–H and O–H groups in total. The van der Waals surface area contributed by atoms with Crippen molar-refractivity contribution in [1.29, 1.82) is 0 Å². The largest absolute Gasteiger partial charge is 0.340 e. The molecule has 3 rings (SSSR count). The molecule has 7 nitrogen and oxygen atoms in total. The van der Waals surface area contributed by atoms with Crippen LogP contribution in [0, 0.1) is 5.92 Å². The van der Waals surface area contributed by atoms with Gasteiger partial charge in [-0.2, -0.15) is 4.98 Å². The summed E-state index contributed by atoms with van der Waals surface area (Å²) in [6.45, 7) is 4.41. The lowest BCUT2D eigenvalue weighted by Gasteiger charge is -2.18. The first kappa shape index (κ1) is 17.8. The van der Waals surface area contributed by atoms with Gasteiger partial charge in [-0.25, -0.2) is 0 Å². The van der Waals surface area contributed by atoms with E-state index in [4.69, 9.17) is 10.3 Å². The molecule has 0 saturated carbocycles. The third-order valence-electron chi connectivity index (χ3n) is 4.05. The number of hydrogen-bond acceptors (Lipinski definition) is 6. The highest BCUT2D eigenvalue weighted by molar-refractivity contribution is 5.94. The Balaban J connectivity index is 1.79. The first-order valence-corrected chi connectivity index (χ1v) is 8.42. The first-order chi connectivity index (χ1) is 12.6. The van der Waals surface area contributed by atoms with Gasteiger partial charge in [-0.15, -0.1) is 0 Å². The van der Waals surface area contributed by atoms with Crippen molar-refractivity contribution in [3.63, 3.8) is 0 Å². The van der Waals surface area contributed by atoms with Crippen molar-refractivity contribution in [3.8, 4) is 11.4 Å². The normalized spacial score (nSPS) is 12.2. The molecule has 2 heterocycles. The van der Waals surface area contributed by atoms with Crippen molar-refractivity contribution in [3.05, 3.63) is 65.8 Å². The van der Waals surface area contributed by atoms with Gasteiger partial charge < -0.3 is 15.6 Å². The van der Waals surface area contributed by atoms with Crippen LogP contribution in [0.15, 0.2) is 53.3 Å². The molecule has 0 aliphatic carbocycles. The maximum absolute atomic E-state index is 12.6. The Hall–Kier alpha value is -3.06. The standard InChI is InChI=1S/C19H21N5O2/c1-12(2)16(22-18(25)15-5-3-13(11-20)4-6-15)19-23-17(24-26-19)14-7-9-21-10-8-14/h3-10,12,16H,11,20H2,1-2H3,(H,22,25). The van der Waals surface area contributed by atoms with E-state index in [0.717, 1.165) is 11.1 Å². The maximum atomic E-state index is 12.6. The van der Waals surface area contributed by atoms with Crippen LogP contribution in [-0.4, -0.2) is 21.0 Å². The van der Waals surface area contributed by atoms with Crippen LogP contribution >= 0.6 is 0 Å². The maximum Gasteiger partial charge on any atom is 0.251 e. The zero-order valence-corrected chi connectivity index (χ0v) is 14.7. The van der Waals surface area contributed by atoms with E-state index in [9.17, 15) is 4.79 Å². The molecule has 1 unspecified atom stereocenters. The molecule has 7 heteroatoms. The number of nitrogens with one attached hydrogen (secondary N) is 1. The molecule has 3 aromatic rings. The van der Waals surface area contributed by atoms with E-state index in [-0.39, 0.29) is 17.9 Å². The third-order valence-corrected chi connectivity index (χ3v) is 4.05. The number of nitrogens with zero attached hydrogens (tertiary/aromatic N) is 3. The molecule has 2 aromatic heterocycles. The van der Waals surface area contributed by atoms with E-state index in [1.54, 1.807) is 36.7 Å². The van der Waals surface area contributed by atoms with Gasteiger partial charge in [0.25, 0.3) is 5.91 Å². The van der Waals surface area contributed by atoms with E-state index in [1.165, 1.54) is 0 Å². The predicted octanol–water partition coefficient (Wildman–Crippen LogP) is 2.72. The molecule has 26 heavy (non-hydrogen) atoms. The highest BCUT2D eigenvalue weighted by Crippen LogP contribution is 2.23. The van der Waals surface area contributed by atoms with Crippen molar-refractivity contribution in [2.75, 3.05) is 0 Å². The quantitative estimate of drug-likeness (QED) is 0.707. The van der Waals surface area contributed by atoms with Crippen molar-refractivity contribution in [2.45, 2.75) is 26.4 Å². The fourth-order valence-electron chi connectivity index (χ4n) is 2.51. The van der Waals surface area contributed by atoms with Crippen LogP contribution in [0.4, 0.5) is 0 Å². The summed E-state index contributed by atoms with van der Waals surface area (Å²) in [5.74, 6) is 0.720. The highest BCUT2D eigenvalue weighted by atomic mass is 16.5. The van der Waals surface area contributed by atoms with E-state index >= 15 is 0 Å². The minimum absolute atomic E-state index is 0.0769. The van der Waals surface area contributed by atoms with Crippen molar-refractivity contribution in [2.24, 2.45) is 11.7 Å². The lowest BCUT2D eigenvalue weighted by Crippen LogP contribution is -2.32. The van der Waals surface area contributed by atoms with Crippen LogP contribution in [0.25, 0.3) is 11.4 Å². The number of rotatable bonds is 6. The summed E-state index contributed by atoms with van der Waals surface area (Å²) >= 11 is 0. The van der Waals surface area contributed by atoms with E-state index in [0.29, 0.717) is 23.8 Å². The average molecular weight is 351 g/mol. The van der Waals surface area contributed by atoms with Gasteiger partial charge >= 0.3 is 0 Å². The van der Waals surface area contributed by atoms with Crippen LogP contribution in [0.1, 0.15) is 41.7 Å². The Labute approximate surface area is 151 Å². The lowest BCUT2D eigenvalue weighted by molar-refractivity contribution is 0.0914. The molecule has 0 aliphatic heterocycles. The molecule has 0 aliphatic rings. The molecule has 1 aromatic carbocycles. The second-order valence-corrected chi connectivity index (χ2v) is 6.29. The van der Waals surface area contributed by atoms with Gasteiger partial charge in [0.1, 0.15) is 6.04 Å². The summed E-state index contributed by atoms with van der Waals surface area (Å²) in [7, 11) is 0. The topological polar surface area (TPSA) is 107 Å². The van der Waals surface area contributed by atoms with Gasteiger partial charge in [0.05, 0.1) is 0 Å². The summed E-state index contributed by atoms with van der Waals surface area (Å²) in [5.41, 5.74) is 7.93. The molecular formula is C19H21N5O2. The van der Waals surface area contributed by atoms with Gasteiger partial charge in [0, 0.05) is 30.1 Å². The SMILES string of the molecule is CC(C)C(NC(=O)c1ccc(CN)cc1)c1nc(-c2ccncc2)no1. The number of nitrogens with two attached hydrogens (primary N) is 1. The van der Waals surface area contributed by atoms with Crippen LogP contribution < -0.4 is 11.1 Å². The van der Waals surface area contributed by atoms with Crippen molar-refractivity contribution < 1.29 is 9.32 Å². The predicted molar refractivity (Wildman–Crippen MR) is 96.9 cm³/mol. The third kappa shape index (κ3) is 3.94. The Morgan fingerprint density at radius 3 is 2.46 bits per heavy atom. The number of benzene rings is 1. The monoisotopic (exact) mass is 351 g/mol. The molecule has 0 fully saturated rings. The van der Waals surface area contributed by atoms with Crippen molar-refractivity contribution in [1.82, 2.24) is 20.4 Å². The van der Waals surface area contributed by atoms with Gasteiger partial charge in [0.15, 0.2) is 0 Å². The van der Waals surface area contributed by atoms with Gasteiger partial charge in [-0.1, -0.05) is 31.1 Å². The molecule has 1 atom stereocenters. The molecule has 134 valence electrons. The minimum Gasteiger partial charge on any atom is -0.340 e. The smallest absolute Gasteiger partial charge is 0.251 e. The zero-order chi connectivity index (χ0) is 18.5. The molecule has 0 radical (unpaired) electrons. The average Bonchev–Trinajstić information content (AvgIpc) is 3.16. The minimum atomic E-state index is -0.389. The number of aromatic nitrogens is 3. The zero-order valence-electron chi connectivity index (χ0n) is 14.7. The van der Waals surface area contributed by atoms with Crippen LogP contribution in [0.5, 0.6) is 0 Å². The van der Waals surface area contributed by atoms with Crippen molar-refractivity contribution >= 4 is 5.91 Å². The summed E-state index contributed by atoms with van der Waals surface area (Å²) in [6.07, 6.45) is 3.33. The van der Waals surface area contributed by atoms with Crippen LogP contribution in [-0.2, 0) is 6.54 Å². The molecular weight excluding hydrogens is 330 g/mol. The van der Waals surface area contributed by atoms with Crippen LogP contribution in [0.2, 0.25) is 0 Å². The van der Waals surface area contributed by atoms with Gasteiger partial charge in [-0.05, 0) is 35.7 Å².